The second-order valence-corrected chi connectivity index (χ2v) is 5.57. The quantitative estimate of drug-likeness (QED) is 0.907. The van der Waals surface area contributed by atoms with Crippen LogP contribution in [0.25, 0.3) is 0 Å². The number of carbonyl (C=O) groups is 1. The van der Waals surface area contributed by atoms with Crippen LogP contribution in [-0.4, -0.2) is 43.2 Å². The van der Waals surface area contributed by atoms with Crippen molar-refractivity contribution in [3.05, 3.63) is 29.3 Å². The monoisotopic (exact) mass is 306 g/mol. The molecule has 2 saturated heterocycles. The summed E-state index contributed by atoms with van der Waals surface area (Å²) in [6, 6.07) is 3.66. The van der Waals surface area contributed by atoms with E-state index in [4.69, 9.17) is 5.26 Å². The van der Waals surface area contributed by atoms with Gasteiger partial charge in [0.2, 0.25) is 0 Å². The van der Waals surface area contributed by atoms with Gasteiger partial charge in [0.15, 0.2) is 11.6 Å². The standard InChI is InChI=1S/C15H16F2N4O/c16-12-6-10(8-18)7-13(17)14(12)20-4-1-2-11(9-20)21-5-3-19-15(21)22/h6-7,11H,1-5,9H2,(H,19,22). The summed E-state index contributed by atoms with van der Waals surface area (Å²) >= 11 is 0. The molecule has 1 unspecified atom stereocenters. The molecule has 2 aliphatic heterocycles. The van der Waals surface area contributed by atoms with Crippen molar-refractivity contribution in [2.75, 3.05) is 31.1 Å². The fourth-order valence-corrected chi connectivity index (χ4v) is 3.18. The van der Waals surface area contributed by atoms with Crippen LogP contribution in [0.2, 0.25) is 0 Å². The van der Waals surface area contributed by atoms with Gasteiger partial charge >= 0.3 is 6.03 Å². The molecule has 0 radical (unpaired) electrons. The SMILES string of the molecule is N#Cc1cc(F)c(N2CCCC(N3CCNC3=O)C2)c(F)c1. The smallest absolute Gasteiger partial charge is 0.317 e. The minimum Gasteiger partial charge on any atom is -0.365 e. The number of rotatable bonds is 2. The van der Waals surface area contributed by atoms with Crippen LogP contribution in [0.4, 0.5) is 19.3 Å². The highest BCUT2D eigenvalue weighted by Gasteiger charge is 2.32. The molecule has 0 spiro atoms. The molecular weight excluding hydrogens is 290 g/mol. The van der Waals surface area contributed by atoms with E-state index in [1.807, 2.05) is 0 Å². The summed E-state index contributed by atoms with van der Waals surface area (Å²) in [5.74, 6) is -1.47. The van der Waals surface area contributed by atoms with E-state index in [9.17, 15) is 13.6 Å². The van der Waals surface area contributed by atoms with Gasteiger partial charge in [0.05, 0.1) is 17.7 Å². The lowest BCUT2D eigenvalue weighted by Crippen LogP contribution is -2.49. The van der Waals surface area contributed by atoms with Crippen LogP contribution in [0.1, 0.15) is 18.4 Å². The molecule has 5 nitrogen and oxygen atoms in total. The van der Waals surface area contributed by atoms with Crippen LogP contribution in [0.5, 0.6) is 0 Å². The minimum absolute atomic E-state index is 0.0359. The molecule has 22 heavy (non-hydrogen) atoms. The van der Waals surface area contributed by atoms with E-state index in [2.05, 4.69) is 5.32 Å². The molecule has 2 heterocycles. The Kier molecular flexibility index (Phi) is 3.84. The molecule has 1 N–H and O–H groups in total. The van der Waals surface area contributed by atoms with Crippen molar-refractivity contribution >= 4 is 11.7 Å². The number of nitrogens with one attached hydrogen (secondary N) is 1. The van der Waals surface area contributed by atoms with E-state index in [1.165, 1.54) is 0 Å². The van der Waals surface area contributed by atoms with E-state index in [1.54, 1.807) is 15.9 Å². The van der Waals surface area contributed by atoms with Crippen molar-refractivity contribution in [3.63, 3.8) is 0 Å². The summed E-state index contributed by atoms with van der Waals surface area (Å²) in [5.41, 5.74) is -0.144. The van der Waals surface area contributed by atoms with Crippen LogP contribution in [0.15, 0.2) is 12.1 Å². The van der Waals surface area contributed by atoms with E-state index >= 15 is 0 Å². The van der Waals surface area contributed by atoms with Gasteiger partial charge in [0.1, 0.15) is 5.69 Å². The number of carbonyl (C=O) groups excluding carboxylic acids is 1. The van der Waals surface area contributed by atoms with Gasteiger partial charge in [-0.15, -0.1) is 0 Å². The van der Waals surface area contributed by atoms with Gasteiger partial charge in [-0.2, -0.15) is 5.26 Å². The number of hydrogen-bond acceptors (Lipinski definition) is 3. The molecule has 0 saturated carbocycles. The number of amides is 2. The maximum Gasteiger partial charge on any atom is 0.317 e. The van der Waals surface area contributed by atoms with Gasteiger partial charge in [-0.05, 0) is 25.0 Å². The first kappa shape index (κ1) is 14.6. The molecule has 1 aromatic carbocycles. The topological polar surface area (TPSA) is 59.4 Å². The third-order valence-electron chi connectivity index (χ3n) is 4.19. The molecule has 1 aromatic rings. The van der Waals surface area contributed by atoms with E-state index in [-0.39, 0.29) is 23.3 Å². The van der Waals surface area contributed by atoms with Crippen LogP contribution < -0.4 is 10.2 Å². The molecule has 0 aromatic heterocycles. The number of halogens is 2. The minimum atomic E-state index is -0.733. The molecule has 0 bridgehead atoms. The van der Waals surface area contributed by atoms with Crippen molar-refractivity contribution in [1.82, 2.24) is 10.2 Å². The number of nitrogens with zero attached hydrogens (tertiary/aromatic N) is 3. The zero-order chi connectivity index (χ0) is 15.7. The summed E-state index contributed by atoms with van der Waals surface area (Å²) in [6.07, 6.45) is 1.58. The van der Waals surface area contributed by atoms with Crippen LogP contribution in [-0.2, 0) is 0 Å². The van der Waals surface area contributed by atoms with Crippen LogP contribution >= 0.6 is 0 Å². The lowest BCUT2D eigenvalue weighted by atomic mass is 10.0. The van der Waals surface area contributed by atoms with Gasteiger partial charge in [-0.3, -0.25) is 0 Å². The third-order valence-corrected chi connectivity index (χ3v) is 4.19. The largest absolute Gasteiger partial charge is 0.365 e. The highest BCUT2D eigenvalue weighted by Crippen LogP contribution is 2.29. The number of piperidine rings is 1. The molecule has 0 aliphatic carbocycles. The van der Waals surface area contributed by atoms with Gasteiger partial charge < -0.3 is 15.1 Å². The first-order valence-electron chi connectivity index (χ1n) is 7.28. The second kappa shape index (κ2) is 5.79. The normalized spacial score (nSPS) is 21.7. The Bertz CT molecular complexity index is 620. The van der Waals surface area contributed by atoms with Crippen molar-refractivity contribution in [1.29, 1.82) is 5.26 Å². The first-order valence-corrected chi connectivity index (χ1v) is 7.28. The van der Waals surface area contributed by atoms with Gasteiger partial charge in [0, 0.05) is 26.2 Å². The Balaban J connectivity index is 1.83. The van der Waals surface area contributed by atoms with Crippen molar-refractivity contribution in [3.8, 4) is 6.07 Å². The number of anilines is 1. The van der Waals surface area contributed by atoms with E-state index < -0.39 is 11.6 Å². The molecule has 7 heteroatoms. The second-order valence-electron chi connectivity index (χ2n) is 5.57. The Morgan fingerprint density at radius 3 is 2.59 bits per heavy atom. The third kappa shape index (κ3) is 2.56. The first-order chi connectivity index (χ1) is 10.6. The number of hydrogen-bond donors (Lipinski definition) is 1. The average Bonchev–Trinajstić information content (AvgIpc) is 2.93. The maximum atomic E-state index is 14.1. The molecule has 2 fully saturated rings. The summed E-state index contributed by atoms with van der Waals surface area (Å²) in [5, 5.41) is 11.5. The van der Waals surface area contributed by atoms with Crippen LogP contribution in [0.3, 0.4) is 0 Å². The summed E-state index contributed by atoms with van der Waals surface area (Å²) in [6.45, 7) is 2.16. The van der Waals surface area contributed by atoms with Crippen molar-refractivity contribution in [2.24, 2.45) is 0 Å². The van der Waals surface area contributed by atoms with Crippen LogP contribution in [0, 0.1) is 23.0 Å². The predicted molar refractivity (Wildman–Crippen MR) is 76.4 cm³/mol. The molecule has 1 atom stereocenters. The summed E-state index contributed by atoms with van der Waals surface area (Å²) in [4.78, 5) is 15.1. The molecular formula is C15H16F2N4O. The average molecular weight is 306 g/mol. The van der Waals surface area contributed by atoms with E-state index in [0.29, 0.717) is 26.2 Å². The summed E-state index contributed by atoms with van der Waals surface area (Å²) < 4.78 is 28.3. The fourth-order valence-electron chi connectivity index (χ4n) is 3.18. The van der Waals surface area contributed by atoms with Gasteiger partial charge in [-0.1, -0.05) is 0 Å². The zero-order valence-corrected chi connectivity index (χ0v) is 12.0. The highest BCUT2D eigenvalue weighted by molar-refractivity contribution is 5.76. The summed E-state index contributed by atoms with van der Waals surface area (Å²) in [7, 11) is 0. The lowest BCUT2D eigenvalue weighted by Gasteiger charge is -2.38. The Hall–Kier alpha value is -2.36. The number of benzene rings is 1. The van der Waals surface area contributed by atoms with E-state index in [0.717, 1.165) is 25.0 Å². The van der Waals surface area contributed by atoms with Gasteiger partial charge in [-0.25, -0.2) is 13.6 Å². The molecule has 2 amide bonds. The molecule has 2 aliphatic rings. The molecule has 116 valence electrons. The predicted octanol–water partition coefficient (Wildman–Crippen LogP) is 1.83. The number of urea groups is 1. The number of nitriles is 1. The Labute approximate surface area is 127 Å². The van der Waals surface area contributed by atoms with Crippen molar-refractivity contribution in [2.45, 2.75) is 18.9 Å². The Morgan fingerprint density at radius 1 is 1.27 bits per heavy atom. The lowest BCUT2D eigenvalue weighted by molar-refractivity contribution is 0.189. The fraction of sp³-hybridized carbons (Fsp3) is 0.467. The highest BCUT2D eigenvalue weighted by atomic mass is 19.1. The zero-order valence-electron chi connectivity index (χ0n) is 12.0. The Morgan fingerprint density at radius 2 is 2.00 bits per heavy atom. The van der Waals surface area contributed by atoms with Gasteiger partial charge in [0.25, 0.3) is 0 Å². The van der Waals surface area contributed by atoms with Crippen molar-refractivity contribution < 1.29 is 13.6 Å². The maximum absolute atomic E-state index is 14.1. The molecule has 3 rings (SSSR count).